The van der Waals surface area contributed by atoms with Crippen molar-refractivity contribution < 1.29 is 4.79 Å². The fourth-order valence-electron chi connectivity index (χ4n) is 2.02. The number of aryl methyl sites for hydroxylation is 3. The predicted octanol–water partition coefficient (Wildman–Crippen LogP) is 3.64. The van der Waals surface area contributed by atoms with Gasteiger partial charge in [-0.25, -0.2) is 4.98 Å². The Balaban J connectivity index is 2.05. The van der Waals surface area contributed by atoms with Crippen LogP contribution in [-0.2, 0) is 11.3 Å². The molecule has 0 spiro atoms. The smallest absolute Gasteiger partial charge is 0.221 e. The van der Waals surface area contributed by atoms with E-state index in [9.17, 15) is 4.79 Å². The van der Waals surface area contributed by atoms with Gasteiger partial charge < -0.3 is 10.6 Å². The summed E-state index contributed by atoms with van der Waals surface area (Å²) in [7, 11) is 0. The van der Waals surface area contributed by atoms with E-state index in [4.69, 9.17) is 0 Å². The lowest BCUT2D eigenvalue weighted by Crippen LogP contribution is -2.07. The molecule has 20 heavy (non-hydrogen) atoms. The van der Waals surface area contributed by atoms with E-state index < -0.39 is 0 Å². The fraction of sp³-hybridized carbons (Fsp3) is 0.333. The largest absolute Gasteiger partial charge is 0.380 e. The standard InChI is InChI=1S/C15H19N3OS/c1-9-7-13(5-6-14(9)18-11(3)19)16-8-15-10(2)17-12(4)20-15/h5-7,16H,8H2,1-4H3,(H,18,19). The van der Waals surface area contributed by atoms with Crippen LogP contribution >= 0.6 is 11.3 Å². The topological polar surface area (TPSA) is 54.0 Å². The van der Waals surface area contributed by atoms with Gasteiger partial charge in [0.05, 0.1) is 17.2 Å². The summed E-state index contributed by atoms with van der Waals surface area (Å²) < 4.78 is 0. The molecule has 2 rings (SSSR count). The Labute approximate surface area is 123 Å². The molecule has 106 valence electrons. The van der Waals surface area contributed by atoms with E-state index in [-0.39, 0.29) is 5.91 Å². The lowest BCUT2D eigenvalue weighted by atomic mass is 10.1. The number of nitrogens with zero attached hydrogens (tertiary/aromatic N) is 1. The van der Waals surface area contributed by atoms with Crippen LogP contribution in [0.15, 0.2) is 18.2 Å². The van der Waals surface area contributed by atoms with Crippen LogP contribution in [0.3, 0.4) is 0 Å². The lowest BCUT2D eigenvalue weighted by Gasteiger charge is -2.10. The van der Waals surface area contributed by atoms with Gasteiger partial charge in [0, 0.05) is 23.2 Å². The average molecular weight is 289 g/mol. The Bertz CT molecular complexity index is 634. The number of hydrogen-bond acceptors (Lipinski definition) is 4. The first kappa shape index (κ1) is 14.5. The van der Waals surface area contributed by atoms with E-state index in [1.54, 1.807) is 11.3 Å². The molecule has 0 unspecified atom stereocenters. The summed E-state index contributed by atoms with van der Waals surface area (Å²) in [5, 5.41) is 7.30. The second-order valence-corrected chi connectivity index (χ2v) is 6.09. The van der Waals surface area contributed by atoms with E-state index in [2.05, 4.69) is 15.6 Å². The van der Waals surface area contributed by atoms with Gasteiger partial charge >= 0.3 is 0 Å². The van der Waals surface area contributed by atoms with Gasteiger partial charge in [0.25, 0.3) is 0 Å². The Morgan fingerprint density at radius 3 is 2.60 bits per heavy atom. The van der Waals surface area contributed by atoms with Gasteiger partial charge in [0.2, 0.25) is 5.91 Å². The summed E-state index contributed by atoms with van der Waals surface area (Å²) in [5.41, 5.74) is 4.03. The number of aromatic nitrogens is 1. The second kappa shape index (κ2) is 6.05. The van der Waals surface area contributed by atoms with Gasteiger partial charge in [0.15, 0.2) is 0 Å². The van der Waals surface area contributed by atoms with Gasteiger partial charge in [-0.05, 0) is 44.5 Å². The molecule has 1 aromatic carbocycles. The van der Waals surface area contributed by atoms with Crippen molar-refractivity contribution >= 4 is 28.6 Å². The molecule has 0 aliphatic carbocycles. The van der Waals surface area contributed by atoms with Crippen LogP contribution in [-0.4, -0.2) is 10.9 Å². The first-order valence-corrected chi connectivity index (χ1v) is 7.32. The fourth-order valence-corrected chi connectivity index (χ4v) is 2.90. The van der Waals surface area contributed by atoms with Crippen molar-refractivity contribution in [3.63, 3.8) is 0 Å². The number of benzene rings is 1. The Morgan fingerprint density at radius 1 is 1.30 bits per heavy atom. The first-order valence-electron chi connectivity index (χ1n) is 6.50. The summed E-state index contributed by atoms with van der Waals surface area (Å²) in [6, 6.07) is 5.93. The molecule has 1 aromatic heterocycles. The molecular weight excluding hydrogens is 270 g/mol. The average Bonchev–Trinajstić information content (AvgIpc) is 2.68. The summed E-state index contributed by atoms with van der Waals surface area (Å²) in [4.78, 5) is 16.7. The molecule has 5 heteroatoms. The zero-order valence-corrected chi connectivity index (χ0v) is 13.0. The van der Waals surface area contributed by atoms with Crippen LogP contribution in [0.1, 0.15) is 28.1 Å². The number of nitrogens with one attached hydrogen (secondary N) is 2. The Kier molecular flexibility index (Phi) is 4.39. The summed E-state index contributed by atoms with van der Waals surface area (Å²) in [6.07, 6.45) is 0. The third-order valence-electron chi connectivity index (χ3n) is 2.99. The molecule has 4 nitrogen and oxygen atoms in total. The summed E-state index contributed by atoms with van der Waals surface area (Å²) in [6.45, 7) is 8.33. The van der Waals surface area contributed by atoms with E-state index in [0.717, 1.165) is 34.2 Å². The quantitative estimate of drug-likeness (QED) is 0.903. The molecule has 2 N–H and O–H groups in total. The Morgan fingerprint density at radius 2 is 2.05 bits per heavy atom. The van der Waals surface area contributed by atoms with Crippen molar-refractivity contribution in [2.75, 3.05) is 10.6 Å². The molecule has 0 aliphatic heterocycles. The van der Waals surface area contributed by atoms with Gasteiger partial charge in [-0.15, -0.1) is 11.3 Å². The zero-order valence-electron chi connectivity index (χ0n) is 12.2. The van der Waals surface area contributed by atoms with E-state index >= 15 is 0 Å². The zero-order chi connectivity index (χ0) is 14.7. The van der Waals surface area contributed by atoms with Gasteiger partial charge in [-0.1, -0.05) is 0 Å². The molecule has 1 heterocycles. The highest BCUT2D eigenvalue weighted by Gasteiger charge is 2.05. The maximum absolute atomic E-state index is 11.1. The van der Waals surface area contributed by atoms with Crippen LogP contribution in [0.2, 0.25) is 0 Å². The van der Waals surface area contributed by atoms with Crippen molar-refractivity contribution in [2.45, 2.75) is 34.2 Å². The Hall–Kier alpha value is -1.88. The number of thiazole rings is 1. The maximum atomic E-state index is 11.1. The highest BCUT2D eigenvalue weighted by atomic mass is 32.1. The summed E-state index contributed by atoms with van der Waals surface area (Å²) >= 11 is 1.72. The first-order chi connectivity index (χ1) is 9.45. The van der Waals surface area contributed by atoms with Gasteiger partial charge in [-0.3, -0.25) is 4.79 Å². The third kappa shape index (κ3) is 3.57. The molecule has 0 fully saturated rings. The van der Waals surface area contributed by atoms with Crippen molar-refractivity contribution in [1.82, 2.24) is 4.98 Å². The molecule has 0 saturated carbocycles. The third-order valence-corrected chi connectivity index (χ3v) is 4.06. The van der Waals surface area contributed by atoms with Gasteiger partial charge in [0.1, 0.15) is 0 Å². The molecule has 0 atom stereocenters. The number of rotatable bonds is 4. The second-order valence-electron chi connectivity index (χ2n) is 4.81. The van der Waals surface area contributed by atoms with Crippen molar-refractivity contribution in [3.8, 4) is 0 Å². The molecular formula is C15H19N3OS. The van der Waals surface area contributed by atoms with Gasteiger partial charge in [-0.2, -0.15) is 0 Å². The SMILES string of the molecule is CC(=O)Nc1ccc(NCc2sc(C)nc2C)cc1C. The number of hydrogen-bond donors (Lipinski definition) is 2. The monoisotopic (exact) mass is 289 g/mol. The predicted molar refractivity (Wildman–Crippen MR) is 84.4 cm³/mol. The highest BCUT2D eigenvalue weighted by molar-refractivity contribution is 7.11. The van der Waals surface area contributed by atoms with Crippen molar-refractivity contribution in [2.24, 2.45) is 0 Å². The number of carbonyl (C=O) groups is 1. The number of amides is 1. The normalized spacial score (nSPS) is 10.4. The van der Waals surface area contributed by atoms with E-state index in [1.807, 2.05) is 39.0 Å². The molecule has 0 bridgehead atoms. The van der Waals surface area contributed by atoms with Crippen LogP contribution in [0.25, 0.3) is 0 Å². The molecule has 2 aromatic rings. The van der Waals surface area contributed by atoms with Crippen LogP contribution in [0, 0.1) is 20.8 Å². The van der Waals surface area contributed by atoms with Crippen molar-refractivity contribution in [3.05, 3.63) is 39.3 Å². The molecule has 0 saturated heterocycles. The lowest BCUT2D eigenvalue weighted by molar-refractivity contribution is -0.114. The number of carbonyl (C=O) groups excluding carboxylic acids is 1. The van der Waals surface area contributed by atoms with Crippen LogP contribution < -0.4 is 10.6 Å². The van der Waals surface area contributed by atoms with E-state index in [1.165, 1.54) is 11.8 Å². The van der Waals surface area contributed by atoms with E-state index in [0.29, 0.717) is 0 Å². The molecule has 1 amide bonds. The minimum Gasteiger partial charge on any atom is -0.380 e. The molecule has 0 radical (unpaired) electrons. The van der Waals surface area contributed by atoms with Crippen LogP contribution in [0.4, 0.5) is 11.4 Å². The summed E-state index contributed by atoms with van der Waals surface area (Å²) in [5.74, 6) is -0.0513. The minimum absolute atomic E-state index is 0.0513. The maximum Gasteiger partial charge on any atom is 0.221 e. The highest BCUT2D eigenvalue weighted by Crippen LogP contribution is 2.22. The molecule has 0 aliphatic rings. The van der Waals surface area contributed by atoms with Crippen LogP contribution in [0.5, 0.6) is 0 Å². The number of anilines is 2. The van der Waals surface area contributed by atoms with Crippen molar-refractivity contribution in [1.29, 1.82) is 0 Å². The minimum atomic E-state index is -0.0513.